The Bertz CT molecular complexity index is 659. The Balaban J connectivity index is 1.73. The van der Waals surface area contributed by atoms with E-state index in [0.717, 1.165) is 39.1 Å². The van der Waals surface area contributed by atoms with E-state index in [4.69, 9.17) is 9.47 Å². The van der Waals surface area contributed by atoms with Gasteiger partial charge in [-0.05, 0) is 31.4 Å². The van der Waals surface area contributed by atoms with Gasteiger partial charge in [0.05, 0.1) is 6.04 Å². The van der Waals surface area contributed by atoms with Crippen LogP contribution in [0, 0.1) is 0 Å². The summed E-state index contributed by atoms with van der Waals surface area (Å²) in [5.41, 5.74) is 2.72. The molecule has 0 aromatic heterocycles. The topological polar surface area (TPSA) is 24.9 Å². The highest BCUT2D eigenvalue weighted by Gasteiger charge is 2.31. The Labute approximate surface area is 170 Å². The number of rotatable bonds is 9. The monoisotopic (exact) mass is 382 g/mol. The minimum Gasteiger partial charge on any atom is -0.351 e. The third-order valence-electron chi connectivity index (χ3n) is 5.37. The molecule has 1 saturated heterocycles. The second-order valence-corrected chi connectivity index (χ2v) is 7.35. The van der Waals surface area contributed by atoms with Crippen molar-refractivity contribution in [1.29, 1.82) is 0 Å². The third kappa shape index (κ3) is 6.14. The summed E-state index contributed by atoms with van der Waals surface area (Å²) in [7, 11) is 0. The van der Waals surface area contributed by atoms with Gasteiger partial charge in [-0.15, -0.1) is 0 Å². The first-order valence-electron chi connectivity index (χ1n) is 10.6. The maximum atomic E-state index is 6.02. The largest absolute Gasteiger partial charge is 0.351 e. The second kappa shape index (κ2) is 11.3. The summed E-state index contributed by atoms with van der Waals surface area (Å²) in [5, 5.41) is 0. The highest BCUT2D eigenvalue weighted by atomic mass is 16.7. The number of hydrogen-bond donors (Lipinski definition) is 0. The van der Waals surface area contributed by atoms with Crippen molar-refractivity contribution in [3.8, 4) is 0 Å². The smallest absolute Gasteiger partial charge is 0.172 e. The first kappa shape index (κ1) is 21.0. The van der Waals surface area contributed by atoms with Gasteiger partial charge in [0, 0.05) is 45.9 Å². The Kier molecular flexibility index (Phi) is 8.49. The van der Waals surface area contributed by atoms with Crippen LogP contribution in [0.1, 0.15) is 31.4 Å². The molecule has 3 rings (SSSR count). The minimum atomic E-state index is -0.171. The van der Waals surface area contributed by atoms with Crippen LogP contribution in [0.5, 0.6) is 0 Å². The van der Waals surface area contributed by atoms with Crippen molar-refractivity contribution in [2.45, 2.75) is 45.7 Å². The van der Waals surface area contributed by atoms with Gasteiger partial charge < -0.3 is 9.47 Å². The summed E-state index contributed by atoms with van der Waals surface area (Å²) in [5.74, 6) is 0. The molecule has 4 nitrogen and oxygen atoms in total. The molecule has 1 heterocycles. The van der Waals surface area contributed by atoms with Gasteiger partial charge in [-0.2, -0.15) is 0 Å². The SMILES string of the molecule is CCOC(OCC)C1CCN(Cc2ccccc2)CCN1Cc1ccccc1. The van der Waals surface area contributed by atoms with E-state index in [2.05, 4.69) is 70.5 Å². The van der Waals surface area contributed by atoms with Crippen molar-refractivity contribution in [2.24, 2.45) is 0 Å². The number of benzene rings is 2. The van der Waals surface area contributed by atoms with Crippen molar-refractivity contribution in [1.82, 2.24) is 9.80 Å². The lowest BCUT2D eigenvalue weighted by molar-refractivity contribution is -0.175. The van der Waals surface area contributed by atoms with Gasteiger partial charge in [0.1, 0.15) is 0 Å². The average molecular weight is 383 g/mol. The van der Waals surface area contributed by atoms with Crippen LogP contribution in [-0.2, 0) is 22.6 Å². The Hall–Kier alpha value is -1.72. The summed E-state index contributed by atoms with van der Waals surface area (Å²) < 4.78 is 12.0. The standard InChI is InChI=1S/C24H34N2O2/c1-3-27-24(28-4-2)23-15-16-25(19-21-11-7-5-8-12-21)17-18-26(23)20-22-13-9-6-10-14-22/h5-14,23-24H,3-4,15-20H2,1-2H3. The fraction of sp³-hybridized carbons (Fsp3) is 0.500. The molecule has 4 heteroatoms. The zero-order valence-corrected chi connectivity index (χ0v) is 17.3. The molecule has 152 valence electrons. The van der Waals surface area contributed by atoms with Crippen LogP contribution in [-0.4, -0.2) is 55.0 Å². The molecule has 0 bridgehead atoms. The van der Waals surface area contributed by atoms with Crippen LogP contribution in [0.25, 0.3) is 0 Å². The predicted octanol–water partition coefficient (Wildman–Crippen LogP) is 4.16. The molecule has 2 aromatic carbocycles. The lowest BCUT2D eigenvalue weighted by atomic mass is 10.1. The van der Waals surface area contributed by atoms with Crippen LogP contribution < -0.4 is 0 Å². The van der Waals surface area contributed by atoms with Crippen LogP contribution in [0.4, 0.5) is 0 Å². The molecular weight excluding hydrogens is 348 g/mol. The first-order valence-corrected chi connectivity index (χ1v) is 10.6. The van der Waals surface area contributed by atoms with E-state index >= 15 is 0 Å². The molecular formula is C24H34N2O2. The summed E-state index contributed by atoms with van der Waals surface area (Å²) in [6.07, 6.45) is 0.875. The fourth-order valence-corrected chi connectivity index (χ4v) is 3.97. The van der Waals surface area contributed by atoms with E-state index in [-0.39, 0.29) is 12.3 Å². The lowest BCUT2D eigenvalue weighted by Gasteiger charge is -2.35. The van der Waals surface area contributed by atoms with E-state index in [0.29, 0.717) is 13.2 Å². The molecule has 0 spiro atoms. The van der Waals surface area contributed by atoms with E-state index in [1.54, 1.807) is 0 Å². The van der Waals surface area contributed by atoms with Gasteiger partial charge in [0.2, 0.25) is 0 Å². The van der Waals surface area contributed by atoms with Crippen molar-refractivity contribution < 1.29 is 9.47 Å². The van der Waals surface area contributed by atoms with Gasteiger partial charge in [0.25, 0.3) is 0 Å². The molecule has 2 aromatic rings. The number of ether oxygens (including phenoxy) is 2. The second-order valence-electron chi connectivity index (χ2n) is 7.35. The zero-order chi connectivity index (χ0) is 19.6. The normalized spacial score (nSPS) is 19.0. The summed E-state index contributed by atoms with van der Waals surface area (Å²) in [6, 6.07) is 21.8. The van der Waals surface area contributed by atoms with E-state index in [9.17, 15) is 0 Å². The van der Waals surface area contributed by atoms with Gasteiger partial charge in [-0.25, -0.2) is 0 Å². The van der Waals surface area contributed by atoms with Gasteiger partial charge >= 0.3 is 0 Å². The third-order valence-corrected chi connectivity index (χ3v) is 5.37. The van der Waals surface area contributed by atoms with Crippen LogP contribution in [0.2, 0.25) is 0 Å². The lowest BCUT2D eigenvalue weighted by Crippen LogP contribution is -2.46. The summed E-state index contributed by atoms with van der Waals surface area (Å²) >= 11 is 0. The van der Waals surface area contributed by atoms with Crippen LogP contribution in [0.15, 0.2) is 60.7 Å². The minimum absolute atomic E-state index is 0.171. The van der Waals surface area contributed by atoms with E-state index in [1.807, 2.05) is 13.8 Å². The Morgan fingerprint density at radius 2 is 1.36 bits per heavy atom. The summed E-state index contributed by atoms with van der Waals surface area (Å²) in [4.78, 5) is 5.11. The van der Waals surface area contributed by atoms with Crippen molar-refractivity contribution in [2.75, 3.05) is 32.8 Å². The van der Waals surface area contributed by atoms with E-state index < -0.39 is 0 Å². The molecule has 1 aliphatic rings. The fourth-order valence-electron chi connectivity index (χ4n) is 3.97. The molecule has 1 atom stereocenters. The van der Waals surface area contributed by atoms with Gasteiger partial charge in [-0.3, -0.25) is 9.80 Å². The quantitative estimate of drug-likeness (QED) is 0.608. The zero-order valence-electron chi connectivity index (χ0n) is 17.3. The Morgan fingerprint density at radius 3 is 1.93 bits per heavy atom. The highest BCUT2D eigenvalue weighted by Crippen LogP contribution is 2.21. The Morgan fingerprint density at radius 1 is 0.786 bits per heavy atom. The maximum Gasteiger partial charge on any atom is 0.172 e. The molecule has 0 N–H and O–H groups in total. The van der Waals surface area contributed by atoms with Crippen LogP contribution in [0.3, 0.4) is 0 Å². The molecule has 28 heavy (non-hydrogen) atoms. The van der Waals surface area contributed by atoms with Gasteiger partial charge in [0.15, 0.2) is 6.29 Å². The average Bonchev–Trinajstić information content (AvgIpc) is 2.92. The van der Waals surface area contributed by atoms with Crippen molar-refractivity contribution >= 4 is 0 Å². The molecule has 0 aliphatic carbocycles. The maximum absolute atomic E-state index is 6.02. The van der Waals surface area contributed by atoms with E-state index in [1.165, 1.54) is 11.1 Å². The number of hydrogen-bond acceptors (Lipinski definition) is 4. The molecule has 0 amide bonds. The molecule has 0 radical (unpaired) electrons. The first-order chi connectivity index (χ1) is 13.8. The molecule has 1 unspecified atom stereocenters. The van der Waals surface area contributed by atoms with Crippen molar-refractivity contribution in [3.63, 3.8) is 0 Å². The van der Waals surface area contributed by atoms with Crippen LogP contribution >= 0.6 is 0 Å². The van der Waals surface area contributed by atoms with Crippen molar-refractivity contribution in [3.05, 3.63) is 71.8 Å². The predicted molar refractivity (Wildman–Crippen MR) is 114 cm³/mol. The van der Waals surface area contributed by atoms with Gasteiger partial charge in [-0.1, -0.05) is 60.7 Å². The molecule has 1 fully saturated rings. The molecule has 1 aliphatic heterocycles. The highest BCUT2D eigenvalue weighted by molar-refractivity contribution is 5.16. The summed E-state index contributed by atoms with van der Waals surface area (Å²) in [6.45, 7) is 10.5. The number of nitrogens with zero attached hydrogens (tertiary/aromatic N) is 2. The molecule has 0 saturated carbocycles.